The van der Waals surface area contributed by atoms with Crippen molar-refractivity contribution in [3.05, 3.63) is 76.6 Å². The molecule has 0 spiro atoms. The lowest BCUT2D eigenvalue weighted by Crippen LogP contribution is -2.46. The number of aromatic carboxylic acids is 1. The maximum Gasteiger partial charge on any atom is 0.335 e. The Kier molecular flexibility index (Phi) is 5.99. The summed E-state index contributed by atoms with van der Waals surface area (Å²) >= 11 is 1.79. The van der Waals surface area contributed by atoms with E-state index in [1.54, 1.807) is 23.9 Å². The van der Waals surface area contributed by atoms with Crippen LogP contribution in [0.15, 0.2) is 53.5 Å². The summed E-state index contributed by atoms with van der Waals surface area (Å²) in [5, 5.41) is 9.56. The number of thioether (sulfide) groups is 1. The average molecular weight is 526 g/mol. The summed E-state index contributed by atoms with van der Waals surface area (Å²) in [4.78, 5) is 25.5. The van der Waals surface area contributed by atoms with Crippen LogP contribution in [0.5, 0.6) is 0 Å². The van der Waals surface area contributed by atoms with Gasteiger partial charge in [-0.25, -0.2) is 9.78 Å². The number of aromatic amines is 1. The first-order valence-corrected chi connectivity index (χ1v) is 15.2. The summed E-state index contributed by atoms with van der Waals surface area (Å²) in [5.41, 5.74) is 7.30. The predicted molar refractivity (Wildman–Crippen MR) is 153 cm³/mol. The van der Waals surface area contributed by atoms with Crippen molar-refractivity contribution in [3.63, 3.8) is 0 Å². The zero-order chi connectivity index (χ0) is 25.9. The fourth-order valence-electron chi connectivity index (χ4n) is 8.39. The number of H-pyrrole nitrogens is 1. The number of carbonyl (C=O) groups is 1. The van der Waals surface area contributed by atoms with E-state index in [9.17, 15) is 9.90 Å². The third-order valence-electron chi connectivity index (χ3n) is 9.66. The van der Waals surface area contributed by atoms with Crippen LogP contribution in [0, 0.1) is 30.1 Å². The molecule has 1 aromatic heterocycles. The van der Waals surface area contributed by atoms with Crippen molar-refractivity contribution in [1.82, 2.24) is 9.97 Å². The van der Waals surface area contributed by atoms with Crippen molar-refractivity contribution in [2.45, 2.75) is 63.5 Å². The maximum absolute atomic E-state index is 11.7. The van der Waals surface area contributed by atoms with E-state index >= 15 is 0 Å². The number of benzene rings is 2. The first-order chi connectivity index (χ1) is 18.5. The Hall–Kier alpha value is -2.86. The maximum atomic E-state index is 11.7. The van der Waals surface area contributed by atoms with Gasteiger partial charge in [-0.05, 0) is 105 Å². The first kappa shape index (κ1) is 24.2. The molecule has 1 aliphatic heterocycles. The average Bonchev–Trinajstić information content (AvgIpc) is 3.54. The number of nitrogens with one attached hydrogen (secondary N) is 1. The molecule has 5 aliphatic rings. The van der Waals surface area contributed by atoms with Gasteiger partial charge < -0.3 is 10.1 Å². The Morgan fingerprint density at radius 3 is 2.50 bits per heavy atom. The topological polar surface area (TPSA) is 78.3 Å². The van der Waals surface area contributed by atoms with Crippen LogP contribution in [0.4, 0.5) is 0 Å². The molecular weight excluding hydrogens is 490 g/mol. The highest BCUT2D eigenvalue weighted by molar-refractivity contribution is 8.00. The number of aryl methyl sites for hydroxylation is 2. The molecule has 8 rings (SSSR count). The zero-order valence-electron chi connectivity index (χ0n) is 22.0. The third-order valence-corrected chi connectivity index (χ3v) is 10.7. The van der Waals surface area contributed by atoms with Gasteiger partial charge in [0.15, 0.2) is 0 Å². The first-order valence-electron chi connectivity index (χ1n) is 14.1. The van der Waals surface area contributed by atoms with E-state index in [2.05, 4.69) is 36.2 Å². The van der Waals surface area contributed by atoms with Crippen molar-refractivity contribution < 1.29 is 9.90 Å². The quantitative estimate of drug-likeness (QED) is 0.335. The van der Waals surface area contributed by atoms with E-state index in [0.29, 0.717) is 16.9 Å². The molecule has 2 N–H and O–H groups in total. The smallest absolute Gasteiger partial charge is 0.335 e. The summed E-state index contributed by atoms with van der Waals surface area (Å²) in [6.07, 6.45) is 10.9. The van der Waals surface area contributed by atoms with Gasteiger partial charge in [0.25, 0.3) is 0 Å². The number of hydrogen-bond donors (Lipinski definition) is 2. The van der Waals surface area contributed by atoms with Crippen molar-refractivity contribution in [2.75, 3.05) is 5.88 Å². The Balaban J connectivity index is 1.23. The van der Waals surface area contributed by atoms with Crippen LogP contribution in [-0.2, 0) is 6.42 Å². The van der Waals surface area contributed by atoms with Crippen molar-refractivity contribution in [1.29, 1.82) is 0 Å². The number of aliphatic imine (C=N–C) groups is 1. The lowest BCUT2D eigenvalue weighted by Gasteiger charge is -2.57. The second-order valence-corrected chi connectivity index (χ2v) is 13.3. The Labute approximate surface area is 228 Å². The molecule has 4 aliphatic carbocycles. The van der Waals surface area contributed by atoms with Gasteiger partial charge >= 0.3 is 5.97 Å². The monoisotopic (exact) mass is 525 g/mol. The highest BCUT2D eigenvalue weighted by Gasteiger charge is 2.50. The summed E-state index contributed by atoms with van der Waals surface area (Å²) < 4.78 is 0. The molecule has 196 valence electrons. The SMILES string of the molecule is Cc1ccccc1-c1nc(C2SCN=C2c2cccc(C(=O)O)c2)c(CCC23CC4CC(CC(C4)C2)C3)[nH]1. The van der Waals surface area contributed by atoms with E-state index in [1.807, 2.05) is 12.1 Å². The Bertz CT molecular complexity index is 1390. The minimum absolute atomic E-state index is 0.000531. The second-order valence-electron chi connectivity index (χ2n) is 12.3. The Morgan fingerprint density at radius 1 is 1.05 bits per heavy atom. The van der Waals surface area contributed by atoms with Gasteiger partial charge in [0, 0.05) is 11.3 Å². The molecule has 2 aromatic carbocycles. The molecule has 38 heavy (non-hydrogen) atoms. The van der Waals surface area contributed by atoms with Gasteiger partial charge in [-0.15, -0.1) is 11.8 Å². The number of aromatic nitrogens is 2. The molecule has 4 saturated carbocycles. The molecule has 5 nitrogen and oxygen atoms in total. The largest absolute Gasteiger partial charge is 0.478 e. The minimum Gasteiger partial charge on any atom is -0.478 e. The van der Waals surface area contributed by atoms with E-state index in [0.717, 1.165) is 52.5 Å². The number of carboxylic acid groups (broad SMARTS) is 1. The van der Waals surface area contributed by atoms with Crippen LogP contribution in [0.25, 0.3) is 11.4 Å². The van der Waals surface area contributed by atoms with Crippen LogP contribution in [0.1, 0.15) is 83.1 Å². The lowest BCUT2D eigenvalue weighted by molar-refractivity contribution is -0.0570. The lowest BCUT2D eigenvalue weighted by atomic mass is 9.48. The Morgan fingerprint density at radius 2 is 1.79 bits per heavy atom. The van der Waals surface area contributed by atoms with Crippen LogP contribution in [0.3, 0.4) is 0 Å². The number of hydrogen-bond acceptors (Lipinski definition) is 4. The van der Waals surface area contributed by atoms with Crippen LogP contribution >= 0.6 is 11.8 Å². The van der Waals surface area contributed by atoms with Crippen LogP contribution < -0.4 is 0 Å². The molecule has 2 heterocycles. The van der Waals surface area contributed by atoms with Gasteiger partial charge in [-0.3, -0.25) is 4.99 Å². The van der Waals surface area contributed by atoms with E-state index in [-0.39, 0.29) is 5.25 Å². The third kappa shape index (κ3) is 4.31. The number of rotatable bonds is 7. The highest BCUT2D eigenvalue weighted by atomic mass is 32.2. The minimum atomic E-state index is -0.910. The molecular formula is C32H35N3O2S. The molecule has 1 atom stereocenters. The molecule has 4 fully saturated rings. The van der Waals surface area contributed by atoms with Gasteiger partial charge in [0.1, 0.15) is 5.82 Å². The normalized spacial score (nSPS) is 29.6. The van der Waals surface area contributed by atoms with E-state index in [1.165, 1.54) is 56.2 Å². The zero-order valence-corrected chi connectivity index (χ0v) is 22.8. The molecule has 4 bridgehead atoms. The second kappa shape index (κ2) is 9.41. The summed E-state index contributed by atoms with van der Waals surface area (Å²) in [6.45, 7) is 2.14. The van der Waals surface area contributed by atoms with Crippen LogP contribution in [-0.4, -0.2) is 32.6 Å². The van der Waals surface area contributed by atoms with Crippen molar-refractivity contribution in [3.8, 4) is 11.4 Å². The molecule has 0 radical (unpaired) electrons. The highest BCUT2D eigenvalue weighted by Crippen LogP contribution is 2.61. The van der Waals surface area contributed by atoms with Gasteiger partial charge in [0.05, 0.1) is 28.1 Å². The van der Waals surface area contributed by atoms with Gasteiger partial charge in [0.2, 0.25) is 0 Å². The number of carboxylic acids is 1. The summed E-state index contributed by atoms with van der Waals surface area (Å²) in [5.74, 6) is 3.55. The van der Waals surface area contributed by atoms with Crippen LogP contribution in [0.2, 0.25) is 0 Å². The molecule has 3 aromatic rings. The number of imidazole rings is 1. The summed E-state index contributed by atoms with van der Waals surface area (Å²) in [7, 11) is 0. The summed E-state index contributed by atoms with van der Waals surface area (Å²) in [6, 6.07) is 15.6. The van der Waals surface area contributed by atoms with Gasteiger partial charge in [-0.2, -0.15) is 0 Å². The number of nitrogens with zero attached hydrogens (tertiary/aromatic N) is 2. The van der Waals surface area contributed by atoms with E-state index < -0.39 is 5.97 Å². The molecule has 0 amide bonds. The fourth-order valence-corrected chi connectivity index (χ4v) is 9.47. The van der Waals surface area contributed by atoms with E-state index in [4.69, 9.17) is 9.98 Å². The molecule has 0 saturated heterocycles. The molecule has 1 unspecified atom stereocenters. The standard InChI is InChI=1S/C32H35N3O2S/c1-19-5-2-3-8-25(19)30-34-26(9-10-32-15-20-11-21(16-32)13-22(12-20)17-32)28(35-30)29-27(33-18-38-29)23-6-4-7-24(14-23)31(36)37/h2-8,14,20-22,29H,9-13,15-18H2,1H3,(H,34,35)(H,36,37). The fraction of sp³-hybridized carbons (Fsp3) is 0.469. The van der Waals surface area contributed by atoms with Crippen molar-refractivity contribution >= 4 is 23.4 Å². The van der Waals surface area contributed by atoms with Gasteiger partial charge in [-0.1, -0.05) is 36.4 Å². The predicted octanol–water partition coefficient (Wildman–Crippen LogP) is 7.47. The molecule has 6 heteroatoms. The van der Waals surface area contributed by atoms with Crippen molar-refractivity contribution in [2.24, 2.45) is 28.2 Å².